The summed E-state index contributed by atoms with van der Waals surface area (Å²) in [6, 6.07) is 10.1. The number of hydrogen-bond acceptors (Lipinski definition) is 5. The first-order valence-corrected chi connectivity index (χ1v) is 10.8. The van der Waals surface area contributed by atoms with Crippen LogP contribution in [0.5, 0.6) is 0 Å². The van der Waals surface area contributed by atoms with E-state index < -0.39 is 17.8 Å². The highest BCUT2D eigenvalue weighted by atomic mass is 32.1. The fraction of sp³-hybridized carbons (Fsp3) is 0.524. The Bertz CT molecular complexity index is 781. The van der Waals surface area contributed by atoms with Gasteiger partial charge in [-0.2, -0.15) is 0 Å². The molecule has 0 saturated carbocycles. The average molecular weight is 421 g/mol. The lowest BCUT2D eigenvalue weighted by Crippen LogP contribution is -2.39. The summed E-state index contributed by atoms with van der Waals surface area (Å²) < 4.78 is 6.36. The number of nitrogens with zero attached hydrogens (tertiary/aromatic N) is 1. The molecule has 29 heavy (non-hydrogen) atoms. The van der Waals surface area contributed by atoms with Crippen LogP contribution >= 0.6 is 11.3 Å². The second-order valence-electron chi connectivity index (χ2n) is 7.63. The first kappa shape index (κ1) is 23.0. The summed E-state index contributed by atoms with van der Waals surface area (Å²) in [5.74, 6) is 0.643. The minimum atomic E-state index is -0.642. The quantitative estimate of drug-likeness (QED) is 0.298. The number of nitrogens with one attached hydrogen (secondary N) is 3. The fourth-order valence-corrected chi connectivity index (χ4v) is 3.62. The number of hydrogen-bond donors (Lipinski definition) is 4. The maximum Gasteiger partial charge on any atom is 0.407 e. The molecule has 1 unspecified atom stereocenters. The molecular weight excluding hydrogens is 388 g/mol. The van der Waals surface area contributed by atoms with E-state index in [0.29, 0.717) is 19.0 Å². The number of carbonyl (C=O) groups is 1. The third kappa shape index (κ3) is 8.29. The van der Waals surface area contributed by atoms with Gasteiger partial charge >= 0.3 is 6.09 Å². The molecule has 2 aromatic rings. The Balaban J connectivity index is 1.77. The number of carbonyl (C=O) groups excluding carboxylic acids is 1. The lowest BCUT2D eigenvalue weighted by Gasteiger charge is -2.19. The Hall–Kier alpha value is -2.32. The molecule has 8 heteroatoms. The maximum atomic E-state index is 11.6. The summed E-state index contributed by atoms with van der Waals surface area (Å²) in [7, 11) is 0. The van der Waals surface area contributed by atoms with E-state index in [-0.39, 0.29) is 6.54 Å². The van der Waals surface area contributed by atoms with Crippen LogP contribution in [0.4, 0.5) is 4.79 Å². The predicted octanol–water partition coefficient (Wildman–Crippen LogP) is 3.40. The normalized spacial score (nSPS) is 13.2. The van der Waals surface area contributed by atoms with Crippen molar-refractivity contribution >= 4 is 33.5 Å². The van der Waals surface area contributed by atoms with Crippen LogP contribution < -0.4 is 16.0 Å². The molecule has 0 bridgehead atoms. The number of aliphatic hydroxyl groups is 1. The summed E-state index contributed by atoms with van der Waals surface area (Å²) in [5.41, 5.74) is -0.498. The first-order valence-electron chi connectivity index (χ1n) is 9.94. The van der Waals surface area contributed by atoms with Crippen LogP contribution in [0.25, 0.3) is 10.1 Å². The number of thiophene rings is 1. The average Bonchev–Trinajstić information content (AvgIpc) is 3.08. The SMILES string of the molecule is CCNC(=NCC(O)c1cc2ccccc2s1)NCCCNC(=O)OC(C)(C)C. The van der Waals surface area contributed by atoms with Gasteiger partial charge in [-0.1, -0.05) is 18.2 Å². The van der Waals surface area contributed by atoms with Crippen molar-refractivity contribution < 1.29 is 14.6 Å². The molecule has 1 aromatic carbocycles. The van der Waals surface area contributed by atoms with E-state index in [1.807, 2.05) is 52.0 Å². The Morgan fingerprint density at radius 2 is 1.93 bits per heavy atom. The zero-order chi connectivity index (χ0) is 21.3. The molecular formula is C21H32N4O3S. The molecule has 160 valence electrons. The number of aliphatic imine (C=N–C) groups is 1. The van der Waals surface area contributed by atoms with Crippen LogP contribution in [0.3, 0.4) is 0 Å². The number of benzene rings is 1. The standard InChI is InChI=1S/C21H32N4O3S/c1-5-22-19(23-11-8-12-24-20(27)28-21(2,3)4)25-14-16(26)18-13-15-9-6-7-10-17(15)29-18/h6-7,9-10,13,16,26H,5,8,11-12,14H2,1-4H3,(H,24,27)(H2,22,23,25). The van der Waals surface area contributed by atoms with Crippen molar-refractivity contribution in [2.75, 3.05) is 26.2 Å². The van der Waals surface area contributed by atoms with Gasteiger partial charge in [0.25, 0.3) is 0 Å². The topological polar surface area (TPSA) is 95.0 Å². The molecule has 0 aliphatic rings. The van der Waals surface area contributed by atoms with Crippen LogP contribution in [0, 0.1) is 0 Å². The van der Waals surface area contributed by atoms with Crippen LogP contribution in [0.2, 0.25) is 0 Å². The molecule has 1 heterocycles. The van der Waals surface area contributed by atoms with Gasteiger partial charge in [0, 0.05) is 29.2 Å². The van der Waals surface area contributed by atoms with Crippen LogP contribution in [-0.2, 0) is 4.74 Å². The van der Waals surface area contributed by atoms with Crippen molar-refractivity contribution in [2.45, 2.75) is 45.8 Å². The van der Waals surface area contributed by atoms with Crippen molar-refractivity contribution in [2.24, 2.45) is 4.99 Å². The van der Waals surface area contributed by atoms with Crippen molar-refractivity contribution in [3.8, 4) is 0 Å². The zero-order valence-electron chi connectivity index (χ0n) is 17.6. The van der Waals surface area contributed by atoms with Crippen LogP contribution in [0.15, 0.2) is 35.3 Å². The highest BCUT2D eigenvalue weighted by molar-refractivity contribution is 7.19. The fourth-order valence-electron chi connectivity index (χ4n) is 2.58. The van der Waals surface area contributed by atoms with Crippen molar-refractivity contribution in [3.63, 3.8) is 0 Å². The zero-order valence-corrected chi connectivity index (χ0v) is 18.4. The molecule has 1 aromatic heterocycles. The predicted molar refractivity (Wildman–Crippen MR) is 120 cm³/mol. The maximum absolute atomic E-state index is 11.6. The van der Waals surface area contributed by atoms with Crippen LogP contribution in [-0.4, -0.2) is 48.9 Å². The molecule has 0 spiro atoms. The lowest BCUT2D eigenvalue weighted by molar-refractivity contribution is 0.0527. The van der Waals surface area contributed by atoms with Gasteiger partial charge in [-0.05, 0) is 51.6 Å². The van der Waals surface area contributed by atoms with Gasteiger partial charge in [0.05, 0.1) is 6.54 Å². The highest BCUT2D eigenvalue weighted by Gasteiger charge is 2.15. The van der Waals surface area contributed by atoms with Gasteiger partial charge in [0.15, 0.2) is 5.96 Å². The molecule has 0 fully saturated rings. The molecule has 0 saturated heterocycles. The van der Waals surface area contributed by atoms with E-state index in [1.54, 1.807) is 11.3 Å². The summed E-state index contributed by atoms with van der Waals surface area (Å²) in [5, 5.41) is 20.7. The first-order chi connectivity index (χ1) is 13.8. The van der Waals surface area contributed by atoms with E-state index in [1.165, 1.54) is 0 Å². The molecule has 1 amide bonds. The minimum absolute atomic E-state index is 0.276. The summed E-state index contributed by atoms with van der Waals surface area (Å²) >= 11 is 1.59. The van der Waals surface area contributed by atoms with Gasteiger partial charge in [0.2, 0.25) is 0 Å². The monoisotopic (exact) mass is 420 g/mol. The van der Waals surface area contributed by atoms with E-state index in [0.717, 1.165) is 27.9 Å². The summed E-state index contributed by atoms with van der Waals surface area (Å²) in [6.07, 6.45) is -0.330. The highest BCUT2D eigenvalue weighted by Crippen LogP contribution is 2.29. The third-order valence-electron chi connectivity index (χ3n) is 3.85. The number of ether oxygens (including phenoxy) is 1. The number of alkyl carbamates (subject to hydrolysis) is 1. The van der Waals surface area contributed by atoms with E-state index in [4.69, 9.17) is 4.74 Å². The van der Waals surface area contributed by atoms with Gasteiger partial charge in [-0.25, -0.2) is 4.79 Å². The van der Waals surface area contributed by atoms with Crippen LogP contribution in [0.1, 0.15) is 45.1 Å². The summed E-state index contributed by atoms with van der Waals surface area (Å²) in [6.45, 7) is 9.64. The second kappa shape index (κ2) is 11.0. The molecule has 4 N–H and O–H groups in total. The van der Waals surface area contributed by atoms with Gasteiger partial charge in [-0.15, -0.1) is 11.3 Å². The number of guanidine groups is 1. The largest absolute Gasteiger partial charge is 0.444 e. The summed E-state index contributed by atoms with van der Waals surface area (Å²) in [4.78, 5) is 17.0. The van der Waals surface area contributed by atoms with Gasteiger partial charge < -0.3 is 25.8 Å². The van der Waals surface area contributed by atoms with Gasteiger partial charge in [0.1, 0.15) is 11.7 Å². The Labute approximate surface area is 176 Å². The number of aliphatic hydroxyl groups excluding tert-OH is 1. The molecule has 0 radical (unpaired) electrons. The van der Waals surface area contributed by atoms with E-state index in [9.17, 15) is 9.90 Å². The molecule has 0 aliphatic heterocycles. The van der Waals surface area contributed by atoms with Crippen molar-refractivity contribution in [1.82, 2.24) is 16.0 Å². The number of fused-ring (bicyclic) bond motifs is 1. The molecule has 7 nitrogen and oxygen atoms in total. The second-order valence-corrected chi connectivity index (χ2v) is 8.75. The third-order valence-corrected chi connectivity index (χ3v) is 5.07. The Kier molecular flexibility index (Phi) is 8.72. The van der Waals surface area contributed by atoms with Crippen molar-refractivity contribution in [1.29, 1.82) is 0 Å². The minimum Gasteiger partial charge on any atom is -0.444 e. The number of rotatable bonds is 8. The molecule has 1 atom stereocenters. The molecule has 2 rings (SSSR count). The Morgan fingerprint density at radius 1 is 1.21 bits per heavy atom. The Morgan fingerprint density at radius 3 is 2.62 bits per heavy atom. The van der Waals surface area contributed by atoms with E-state index >= 15 is 0 Å². The number of amides is 1. The van der Waals surface area contributed by atoms with Crippen molar-refractivity contribution in [3.05, 3.63) is 35.2 Å². The smallest absolute Gasteiger partial charge is 0.407 e. The molecule has 0 aliphatic carbocycles. The lowest BCUT2D eigenvalue weighted by atomic mass is 10.2. The van der Waals surface area contributed by atoms with Gasteiger partial charge in [-0.3, -0.25) is 4.99 Å². The van der Waals surface area contributed by atoms with E-state index in [2.05, 4.69) is 27.0 Å².